The summed E-state index contributed by atoms with van der Waals surface area (Å²) in [7, 11) is 0. The van der Waals surface area contributed by atoms with Gasteiger partial charge < -0.3 is 15.0 Å². The minimum absolute atomic E-state index is 0.000173. The van der Waals surface area contributed by atoms with E-state index in [4.69, 9.17) is 11.2 Å². The maximum Gasteiger partial charge on any atom is 0.254 e. The molecule has 1 heterocycles. The summed E-state index contributed by atoms with van der Waals surface area (Å²) in [6, 6.07) is 7.26. The Labute approximate surface area is 149 Å². The van der Waals surface area contributed by atoms with Crippen molar-refractivity contribution in [3.05, 3.63) is 29.8 Å². The molecule has 1 aliphatic rings. The molecule has 2 amide bonds. The first-order valence-electron chi connectivity index (χ1n) is 8.58. The molecule has 0 unspecified atom stereocenters. The summed E-state index contributed by atoms with van der Waals surface area (Å²) >= 11 is 0. The second-order valence-electron chi connectivity index (χ2n) is 5.86. The number of carbonyl (C=O) groups excluding carboxylic acids is 2. The van der Waals surface area contributed by atoms with Crippen molar-refractivity contribution in [1.82, 2.24) is 15.1 Å². The van der Waals surface area contributed by atoms with E-state index >= 15 is 0 Å². The Kier molecular flexibility index (Phi) is 7.30. The van der Waals surface area contributed by atoms with Gasteiger partial charge in [0.2, 0.25) is 5.91 Å². The van der Waals surface area contributed by atoms with E-state index in [0.717, 1.165) is 13.0 Å². The minimum Gasteiger partial charge on any atom is -0.494 e. The summed E-state index contributed by atoms with van der Waals surface area (Å²) in [6.45, 7) is 5.76. The highest BCUT2D eigenvalue weighted by Gasteiger charge is 2.21. The van der Waals surface area contributed by atoms with Crippen molar-refractivity contribution in [2.45, 2.75) is 13.3 Å². The summed E-state index contributed by atoms with van der Waals surface area (Å²) in [4.78, 5) is 28.4. The SMILES string of the molecule is C#CCNC(=O)CN1CCCN(C(=O)c2cccc(OCC)c2)CC1. The average molecular weight is 343 g/mol. The fourth-order valence-corrected chi connectivity index (χ4v) is 2.81. The van der Waals surface area contributed by atoms with Crippen LogP contribution >= 0.6 is 0 Å². The minimum atomic E-state index is -0.0813. The van der Waals surface area contributed by atoms with Crippen LogP contribution in [0.25, 0.3) is 0 Å². The highest BCUT2D eigenvalue weighted by atomic mass is 16.5. The van der Waals surface area contributed by atoms with Crippen molar-refractivity contribution in [3.8, 4) is 18.1 Å². The van der Waals surface area contributed by atoms with Gasteiger partial charge in [0.15, 0.2) is 0 Å². The number of benzene rings is 1. The third kappa shape index (κ3) is 5.80. The molecule has 25 heavy (non-hydrogen) atoms. The molecule has 0 aliphatic carbocycles. The highest BCUT2D eigenvalue weighted by Crippen LogP contribution is 2.16. The predicted octanol–water partition coefficient (Wildman–Crippen LogP) is 0.983. The van der Waals surface area contributed by atoms with Gasteiger partial charge in [-0.25, -0.2) is 0 Å². The van der Waals surface area contributed by atoms with Gasteiger partial charge in [-0.1, -0.05) is 12.0 Å². The van der Waals surface area contributed by atoms with Crippen LogP contribution in [-0.2, 0) is 4.79 Å². The number of hydrogen-bond donors (Lipinski definition) is 1. The van der Waals surface area contributed by atoms with Crippen molar-refractivity contribution >= 4 is 11.8 Å². The molecule has 2 rings (SSSR count). The van der Waals surface area contributed by atoms with Gasteiger partial charge in [-0.15, -0.1) is 6.42 Å². The molecule has 0 bridgehead atoms. The van der Waals surface area contributed by atoms with Crippen LogP contribution in [0.3, 0.4) is 0 Å². The topological polar surface area (TPSA) is 61.9 Å². The van der Waals surface area contributed by atoms with Crippen LogP contribution in [0.15, 0.2) is 24.3 Å². The van der Waals surface area contributed by atoms with E-state index in [-0.39, 0.29) is 18.4 Å². The van der Waals surface area contributed by atoms with E-state index in [9.17, 15) is 9.59 Å². The number of rotatable bonds is 6. The van der Waals surface area contributed by atoms with Crippen LogP contribution in [0.2, 0.25) is 0 Å². The third-order valence-corrected chi connectivity index (χ3v) is 4.02. The van der Waals surface area contributed by atoms with Crippen LogP contribution in [0.1, 0.15) is 23.7 Å². The Morgan fingerprint density at radius 2 is 2.12 bits per heavy atom. The molecular weight excluding hydrogens is 318 g/mol. The zero-order valence-electron chi connectivity index (χ0n) is 14.7. The molecule has 6 heteroatoms. The number of carbonyl (C=O) groups is 2. The summed E-state index contributed by atoms with van der Waals surface area (Å²) in [5, 5.41) is 2.67. The second kappa shape index (κ2) is 9.70. The first-order valence-corrected chi connectivity index (χ1v) is 8.58. The molecule has 0 radical (unpaired) electrons. The van der Waals surface area contributed by atoms with Gasteiger partial charge >= 0.3 is 0 Å². The van der Waals surface area contributed by atoms with Gasteiger partial charge in [0.1, 0.15) is 5.75 Å². The van der Waals surface area contributed by atoms with Crippen LogP contribution in [0.5, 0.6) is 5.75 Å². The first-order chi connectivity index (χ1) is 12.1. The Morgan fingerprint density at radius 3 is 2.88 bits per heavy atom. The number of amides is 2. The van der Waals surface area contributed by atoms with E-state index in [1.807, 2.05) is 24.0 Å². The van der Waals surface area contributed by atoms with Gasteiger partial charge in [-0.05, 0) is 31.5 Å². The zero-order chi connectivity index (χ0) is 18.1. The summed E-state index contributed by atoms with van der Waals surface area (Å²) < 4.78 is 5.46. The Morgan fingerprint density at radius 1 is 1.28 bits per heavy atom. The van der Waals surface area contributed by atoms with Crippen LogP contribution in [0, 0.1) is 12.3 Å². The third-order valence-electron chi connectivity index (χ3n) is 4.02. The smallest absolute Gasteiger partial charge is 0.254 e. The van der Waals surface area contributed by atoms with Gasteiger partial charge in [0, 0.05) is 31.7 Å². The number of nitrogens with zero attached hydrogens (tertiary/aromatic N) is 2. The monoisotopic (exact) mass is 343 g/mol. The van der Waals surface area contributed by atoms with Gasteiger partial charge in [0.25, 0.3) is 5.91 Å². The molecule has 1 aliphatic heterocycles. The Hall–Kier alpha value is -2.52. The summed E-state index contributed by atoms with van der Waals surface area (Å²) in [6.07, 6.45) is 5.97. The maximum atomic E-state index is 12.7. The summed E-state index contributed by atoms with van der Waals surface area (Å²) in [5.74, 6) is 3.01. The number of hydrogen-bond acceptors (Lipinski definition) is 4. The van der Waals surface area contributed by atoms with E-state index in [0.29, 0.717) is 44.1 Å². The highest BCUT2D eigenvalue weighted by molar-refractivity contribution is 5.94. The molecule has 0 atom stereocenters. The predicted molar refractivity (Wildman–Crippen MR) is 96.4 cm³/mol. The largest absolute Gasteiger partial charge is 0.494 e. The van der Waals surface area contributed by atoms with Gasteiger partial charge in [0.05, 0.1) is 19.7 Å². The molecule has 0 spiro atoms. The van der Waals surface area contributed by atoms with Crippen LogP contribution in [0.4, 0.5) is 0 Å². The molecule has 6 nitrogen and oxygen atoms in total. The quantitative estimate of drug-likeness (QED) is 0.783. The lowest BCUT2D eigenvalue weighted by atomic mass is 10.2. The van der Waals surface area contributed by atoms with E-state index in [2.05, 4.69) is 16.1 Å². The number of ether oxygens (including phenoxy) is 1. The van der Waals surface area contributed by atoms with Crippen molar-refractivity contribution in [2.24, 2.45) is 0 Å². The van der Waals surface area contributed by atoms with Crippen molar-refractivity contribution in [1.29, 1.82) is 0 Å². The lowest BCUT2D eigenvalue weighted by molar-refractivity contribution is -0.121. The first kappa shape index (κ1) is 18.8. The molecule has 0 saturated carbocycles. The second-order valence-corrected chi connectivity index (χ2v) is 5.86. The standard InChI is InChI=1S/C19H25N3O3/c1-3-9-20-18(23)15-21-10-6-11-22(13-12-21)19(24)16-7-5-8-17(14-16)25-4-2/h1,5,7-8,14H,4,6,9-13,15H2,2H3,(H,20,23). The number of nitrogens with one attached hydrogen (secondary N) is 1. The van der Waals surface area contributed by atoms with Gasteiger partial charge in [-0.2, -0.15) is 0 Å². The molecule has 134 valence electrons. The Balaban J connectivity index is 1.91. The van der Waals surface area contributed by atoms with E-state index in [1.165, 1.54) is 0 Å². The molecule has 1 N–H and O–H groups in total. The average Bonchev–Trinajstić information content (AvgIpc) is 2.85. The van der Waals surface area contributed by atoms with Crippen molar-refractivity contribution in [3.63, 3.8) is 0 Å². The van der Waals surface area contributed by atoms with E-state index in [1.54, 1.807) is 12.1 Å². The zero-order valence-corrected chi connectivity index (χ0v) is 14.7. The van der Waals surface area contributed by atoms with Gasteiger partial charge in [-0.3, -0.25) is 14.5 Å². The fraction of sp³-hybridized carbons (Fsp3) is 0.474. The molecule has 1 aromatic rings. The van der Waals surface area contributed by atoms with Crippen LogP contribution < -0.4 is 10.1 Å². The lowest BCUT2D eigenvalue weighted by Crippen LogP contribution is -2.40. The molecule has 1 fully saturated rings. The fourth-order valence-electron chi connectivity index (χ4n) is 2.81. The maximum absolute atomic E-state index is 12.7. The van der Waals surface area contributed by atoms with E-state index < -0.39 is 0 Å². The Bertz CT molecular complexity index is 639. The normalized spacial score (nSPS) is 15.1. The molecule has 1 saturated heterocycles. The summed E-state index contributed by atoms with van der Waals surface area (Å²) in [5.41, 5.74) is 0.631. The van der Waals surface area contributed by atoms with Crippen LogP contribution in [-0.4, -0.2) is 67.5 Å². The van der Waals surface area contributed by atoms with Crippen molar-refractivity contribution < 1.29 is 14.3 Å². The molecule has 0 aromatic heterocycles. The number of terminal acetylenes is 1. The molecular formula is C19H25N3O3. The van der Waals surface area contributed by atoms with Crippen molar-refractivity contribution in [2.75, 3.05) is 45.9 Å². The molecule has 1 aromatic carbocycles. The lowest BCUT2D eigenvalue weighted by Gasteiger charge is -2.22.